The Hall–Kier alpha value is -3.69. The lowest BCUT2D eigenvalue weighted by molar-refractivity contribution is 0.306. The molecule has 170 valence electrons. The fourth-order valence-corrected chi connectivity index (χ4v) is 3.60. The van der Waals surface area contributed by atoms with Gasteiger partial charge in [-0.25, -0.2) is 9.97 Å². The van der Waals surface area contributed by atoms with E-state index in [1.165, 1.54) is 7.11 Å². The first kappa shape index (κ1) is 22.5. The van der Waals surface area contributed by atoms with E-state index < -0.39 is 15.9 Å². The third-order valence-corrected chi connectivity index (χ3v) is 5.55. The van der Waals surface area contributed by atoms with E-state index in [9.17, 15) is 8.42 Å². The summed E-state index contributed by atoms with van der Waals surface area (Å²) in [4.78, 5) is 8.67. The van der Waals surface area contributed by atoms with Crippen molar-refractivity contribution in [2.75, 3.05) is 12.9 Å². The monoisotopic (exact) mass is 466 g/mol. The number of hydrogen-bond donors (Lipinski definition) is 1. The van der Waals surface area contributed by atoms with Gasteiger partial charge in [0.25, 0.3) is 10.1 Å². The van der Waals surface area contributed by atoms with Crippen molar-refractivity contribution in [3.8, 4) is 34.2 Å². The van der Waals surface area contributed by atoms with E-state index in [2.05, 4.69) is 9.97 Å². The summed E-state index contributed by atoms with van der Waals surface area (Å²) in [5.41, 5.74) is 2.98. The van der Waals surface area contributed by atoms with Gasteiger partial charge in [-0.05, 0) is 35.9 Å². The molecular weight excluding hydrogens is 444 g/mol. The normalized spacial score (nSPS) is 11.3. The van der Waals surface area contributed by atoms with E-state index in [0.29, 0.717) is 35.3 Å². The quantitative estimate of drug-likeness (QED) is 0.361. The largest absolute Gasteiger partial charge is 0.489 e. The van der Waals surface area contributed by atoms with Gasteiger partial charge in [-0.1, -0.05) is 30.3 Å². The van der Waals surface area contributed by atoms with Crippen molar-refractivity contribution in [1.82, 2.24) is 9.97 Å². The highest BCUT2D eigenvalue weighted by Crippen LogP contribution is 2.34. The second-order valence-electron chi connectivity index (χ2n) is 7.21. The van der Waals surface area contributed by atoms with Crippen LogP contribution in [0.3, 0.4) is 0 Å². The standard InChI is InChI=1S/C24H22N2O6S/c1-30-21-12-9-19(15-25-21)23-24(32-22(26-23)13-14-33(27,28)29)18-7-10-20(11-8-18)31-16-17-5-3-2-4-6-17/h2-12,15H,13-14,16H2,1H3,(H,27,28,29). The number of pyridine rings is 1. The first-order valence-electron chi connectivity index (χ1n) is 10.1. The summed E-state index contributed by atoms with van der Waals surface area (Å²) in [6.45, 7) is 0.449. The molecule has 0 aliphatic rings. The van der Waals surface area contributed by atoms with Gasteiger partial charge < -0.3 is 13.9 Å². The topological polar surface area (TPSA) is 112 Å². The number of ether oxygens (including phenoxy) is 2. The summed E-state index contributed by atoms with van der Waals surface area (Å²) in [7, 11) is -2.62. The third-order valence-electron chi connectivity index (χ3n) is 4.83. The molecule has 33 heavy (non-hydrogen) atoms. The van der Waals surface area contributed by atoms with Crippen molar-refractivity contribution in [1.29, 1.82) is 0 Å². The third kappa shape index (κ3) is 5.97. The summed E-state index contributed by atoms with van der Waals surface area (Å²) in [5, 5.41) is 0. The molecule has 0 fully saturated rings. The van der Waals surface area contributed by atoms with Crippen LogP contribution in [-0.2, 0) is 23.1 Å². The molecule has 0 saturated carbocycles. The van der Waals surface area contributed by atoms with Crippen molar-refractivity contribution >= 4 is 10.1 Å². The minimum Gasteiger partial charge on any atom is -0.489 e. The van der Waals surface area contributed by atoms with E-state index in [4.69, 9.17) is 18.4 Å². The molecule has 0 unspecified atom stereocenters. The van der Waals surface area contributed by atoms with Crippen LogP contribution in [0.2, 0.25) is 0 Å². The molecule has 0 amide bonds. The predicted molar refractivity (Wildman–Crippen MR) is 123 cm³/mol. The molecule has 0 aliphatic carbocycles. The number of nitrogens with zero attached hydrogens (tertiary/aromatic N) is 2. The van der Waals surface area contributed by atoms with Crippen LogP contribution in [0, 0.1) is 0 Å². The van der Waals surface area contributed by atoms with Crippen LogP contribution < -0.4 is 9.47 Å². The summed E-state index contributed by atoms with van der Waals surface area (Å²) in [5.74, 6) is 1.32. The minimum atomic E-state index is -4.14. The lowest BCUT2D eigenvalue weighted by Crippen LogP contribution is -2.06. The van der Waals surface area contributed by atoms with Crippen molar-refractivity contribution in [2.45, 2.75) is 13.0 Å². The van der Waals surface area contributed by atoms with Crippen LogP contribution in [0.5, 0.6) is 11.6 Å². The van der Waals surface area contributed by atoms with Gasteiger partial charge in [-0.3, -0.25) is 4.55 Å². The van der Waals surface area contributed by atoms with Gasteiger partial charge >= 0.3 is 0 Å². The Balaban J connectivity index is 1.60. The zero-order chi connectivity index (χ0) is 23.3. The first-order chi connectivity index (χ1) is 15.9. The molecule has 1 N–H and O–H groups in total. The summed E-state index contributed by atoms with van der Waals surface area (Å²) < 4.78 is 48.2. The smallest absolute Gasteiger partial charge is 0.265 e. The molecule has 0 saturated heterocycles. The number of benzene rings is 2. The number of aromatic nitrogens is 2. The lowest BCUT2D eigenvalue weighted by atomic mass is 10.1. The molecule has 0 atom stereocenters. The maximum atomic E-state index is 11.2. The number of hydrogen-bond acceptors (Lipinski definition) is 7. The molecule has 0 radical (unpaired) electrons. The molecule has 4 aromatic rings. The van der Waals surface area contributed by atoms with Gasteiger partial charge in [-0.15, -0.1) is 0 Å². The average Bonchev–Trinajstić information content (AvgIpc) is 3.26. The Kier molecular flexibility index (Phi) is 6.71. The molecule has 0 spiro atoms. The van der Waals surface area contributed by atoms with Crippen molar-refractivity contribution in [2.24, 2.45) is 0 Å². The van der Waals surface area contributed by atoms with E-state index in [-0.39, 0.29) is 12.3 Å². The molecular formula is C24H22N2O6S. The molecule has 2 heterocycles. The molecule has 8 nitrogen and oxygen atoms in total. The number of aryl methyl sites for hydroxylation is 1. The highest BCUT2D eigenvalue weighted by Gasteiger charge is 2.19. The fourth-order valence-electron chi connectivity index (χ4n) is 3.16. The van der Waals surface area contributed by atoms with E-state index in [1.54, 1.807) is 18.3 Å². The maximum absolute atomic E-state index is 11.2. The molecule has 0 aliphatic heterocycles. The number of methoxy groups -OCH3 is 1. The molecule has 4 rings (SSSR count). The maximum Gasteiger partial charge on any atom is 0.265 e. The second kappa shape index (κ2) is 9.85. The van der Waals surface area contributed by atoms with Gasteiger partial charge in [0.15, 0.2) is 11.7 Å². The number of rotatable bonds is 9. The minimum absolute atomic E-state index is 0.0618. The van der Waals surface area contributed by atoms with Crippen LogP contribution in [0.1, 0.15) is 11.5 Å². The zero-order valence-corrected chi connectivity index (χ0v) is 18.7. The highest BCUT2D eigenvalue weighted by molar-refractivity contribution is 7.85. The van der Waals surface area contributed by atoms with E-state index in [1.807, 2.05) is 54.6 Å². The van der Waals surface area contributed by atoms with Crippen LogP contribution in [0.25, 0.3) is 22.6 Å². The molecule has 9 heteroatoms. The SMILES string of the molecule is COc1ccc(-c2nc(CCS(=O)(=O)O)oc2-c2ccc(OCc3ccccc3)cc2)cn1. The second-order valence-corrected chi connectivity index (χ2v) is 8.78. The van der Waals surface area contributed by atoms with Gasteiger partial charge in [0.05, 0.1) is 12.9 Å². The molecule has 0 bridgehead atoms. The summed E-state index contributed by atoms with van der Waals surface area (Å²) in [6.07, 6.45) is 1.54. The Labute approximate surface area is 191 Å². The Morgan fingerprint density at radius 2 is 1.70 bits per heavy atom. The Bertz CT molecular complexity index is 1300. The Morgan fingerprint density at radius 3 is 2.33 bits per heavy atom. The lowest BCUT2D eigenvalue weighted by Gasteiger charge is -2.07. The predicted octanol–water partition coefficient (Wildman–Crippen LogP) is 4.42. The summed E-state index contributed by atoms with van der Waals surface area (Å²) in [6, 6.07) is 20.7. The molecule has 2 aromatic carbocycles. The van der Waals surface area contributed by atoms with Crippen LogP contribution in [0.15, 0.2) is 77.3 Å². The van der Waals surface area contributed by atoms with Gasteiger partial charge in [0.2, 0.25) is 5.88 Å². The Morgan fingerprint density at radius 1 is 0.970 bits per heavy atom. The van der Waals surface area contributed by atoms with E-state index >= 15 is 0 Å². The van der Waals surface area contributed by atoms with Gasteiger partial charge in [-0.2, -0.15) is 8.42 Å². The van der Waals surface area contributed by atoms with Crippen LogP contribution in [0.4, 0.5) is 0 Å². The average molecular weight is 467 g/mol. The van der Waals surface area contributed by atoms with Gasteiger partial charge in [0, 0.05) is 29.8 Å². The van der Waals surface area contributed by atoms with Gasteiger partial charge in [0.1, 0.15) is 18.1 Å². The van der Waals surface area contributed by atoms with Crippen molar-refractivity contribution in [3.63, 3.8) is 0 Å². The number of oxazole rings is 1. The van der Waals surface area contributed by atoms with Crippen LogP contribution >= 0.6 is 0 Å². The van der Waals surface area contributed by atoms with E-state index in [0.717, 1.165) is 11.1 Å². The van der Waals surface area contributed by atoms with Crippen molar-refractivity contribution < 1.29 is 26.9 Å². The van der Waals surface area contributed by atoms with Crippen molar-refractivity contribution in [3.05, 3.63) is 84.4 Å². The zero-order valence-electron chi connectivity index (χ0n) is 17.8. The summed E-state index contributed by atoms with van der Waals surface area (Å²) >= 11 is 0. The van der Waals surface area contributed by atoms with Crippen LogP contribution in [-0.4, -0.2) is 35.8 Å². The molecule has 2 aromatic heterocycles. The highest BCUT2D eigenvalue weighted by atomic mass is 32.2. The fraction of sp³-hybridized carbons (Fsp3) is 0.167. The first-order valence-corrected chi connectivity index (χ1v) is 11.7.